The Morgan fingerprint density at radius 2 is 1.85 bits per heavy atom. The zero-order valence-electron chi connectivity index (χ0n) is 15.1. The van der Waals surface area contributed by atoms with Crippen LogP contribution >= 0.6 is 15.9 Å². The average molecular weight is 415 g/mol. The van der Waals surface area contributed by atoms with E-state index in [4.69, 9.17) is 9.47 Å². The highest BCUT2D eigenvalue weighted by atomic mass is 79.9. The summed E-state index contributed by atoms with van der Waals surface area (Å²) in [7, 11) is 0. The van der Waals surface area contributed by atoms with Crippen LogP contribution in [0.25, 0.3) is 6.08 Å². The third kappa shape index (κ3) is 3.44. The van der Waals surface area contributed by atoms with E-state index < -0.39 is 5.41 Å². The van der Waals surface area contributed by atoms with Crippen molar-refractivity contribution >= 4 is 33.8 Å². The zero-order valence-corrected chi connectivity index (χ0v) is 16.6. The quantitative estimate of drug-likeness (QED) is 0.378. The number of carbonyl (C=O) groups is 2. The summed E-state index contributed by atoms with van der Waals surface area (Å²) in [6.07, 6.45) is 1.70. The van der Waals surface area contributed by atoms with E-state index in [-0.39, 0.29) is 17.5 Å². The van der Waals surface area contributed by atoms with Gasteiger partial charge in [-0.05, 0) is 57.5 Å². The highest BCUT2D eigenvalue weighted by molar-refractivity contribution is 9.10. The van der Waals surface area contributed by atoms with Crippen molar-refractivity contribution in [1.82, 2.24) is 0 Å². The number of rotatable bonds is 2. The molecule has 0 N–H and O–H groups in total. The zero-order chi connectivity index (χ0) is 19.1. The molecule has 0 atom stereocenters. The molecule has 0 amide bonds. The molecule has 0 fully saturated rings. The molecule has 1 heterocycles. The summed E-state index contributed by atoms with van der Waals surface area (Å²) >= 11 is 3.46. The lowest BCUT2D eigenvalue weighted by Gasteiger charge is -2.17. The van der Waals surface area contributed by atoms with Crippen LogP contribution in [0.3, 0.4) is 0 Å². The van der Waals surface area contributed by atoms with Crippen LogP contribution in [0, 0.1) is 12.3 Å². The summed E-state index contributed by atoms with van der Waals surface area (Å²) in [6, 6.07) is 10.9. The van der Waals surface area contributed by atoms with Crippen LogP contribution in [-0.4, -0.2) is 11.8 Å². The summed E-state index contributed by atoms with van der Waals surface area (Å²) in [4.78, 5) is 24.8. The summed E-state index contributed by atoms with van der Waals surface area (Å²) in [5.74, 6) is 0.557. The fourth-order valence-electron chi connectivity index (χ4n) is 2.46. The second-order valence-electron chi connectivity index (χ2n) is 7.17. The number of esters is 1. The molecule has 0 aliphatic carbocycles. The minimum Gasteiger partial charge on any atom is -0.452 e. The summed E-state index contributed by atoms with van der Waals surface area (Å²) in [5, 5.41) is 0. The molecule has 0 saturated carbocycles. The number of Topliss-reactive ketones (excluding diaryl/α,β-unsaturated/α-hetero) is 1. The van der Waals surface area contributed by atoms with Gasteiger partial charge in [0, 0.05) is 10.0 Å². The fourth-order valence-corrected chi connectivity index (χ4v) is 2.86. The van der Waals surface area contributed by atoms with E-state index in [0.717, 1.165) is 10.0 Å². The first-order chi connectivity index (χ1) is 12.2. The number of halogens is 1. The topological polar surface area (TPSA) is 52.6 Å². The molecule has 3 rings (SSSR count). The van der Waals surface area contributed by atoms with Crippen molar-refractivity contribution in [3.8, 4) is 11.5 Å². The molecular weight excluding hydrogens is 396 g/mol. The maximum atomic E-state index is 12.6. The molecule has 0 spiro atoms. The molecule has 26 heavy (non-hydrogen) atoms. The summed E-state index contributed by atoms with van der Waals surface area (Å²) in [6.45, 7) is 7.14. The lowest BCUT2D eigenvalue weighted by molar-refractivity contribution is -0.143. The molecular formula is C21H19BrO4. The second-order valence-corrected chi connectivity index (χ2v) is 8.02. The SMILES string of the molecule is Cc1c(OC(=O)C(C)(C)C)ccc2c1O/C(=C\c1ccccc1Br)C2=O. The number of ketones is 1. The van der Waals surface area contributed by atoms with Gasteiger partial charge in [-0.15, -0.1) is 0 Å². The number of hydrogen-bond acceptors (Lipinski definition) is 4. The second kappa shape index (κ2) is 6.72. The van der Waals surface area contributed by atoms with Gasteiger partial charge >= 0.3 is 5.97 Å². The van der Waals surface area contributed by atoms with Crippen LogP contribution in [0.2, 0.25) is 0 Å². The minimum atomic E-state index is -0.618. The largest absolute Gasteiger partial charge is 0.452 e. The predicted octanol–water partition coefficient (Wildman–Crippen LogP) is 5.33. The predicted molar refractivity (Wildman–Crippen MR) is 103 cm³/mol. The number of fused-ring (bicyclic) bond motifs is 1. The van der Waals surface area contributed by atoms with E-state index in [1.807, 2.05) is 24.3 Å². The van der Waals surface area contributed by atoms with Gasteiger partial charge in [-0.25, -0.2) is 0 Å². The number of ether oxygens (including phenoxy) is 2. The van der Waals surface area contributed by atoms with Crippen molar-refractivity contribution < 1.29 is 19.1 Å². The molecule has 2 aromatic carbocycles. The number of carbonyl (C=O) groups excluding carboxylic acids is 2. The molecule has 0 aromatic heterocycles. The van der Waals surface area contributed by atoms with Crippen molar-refractivity contribution in [2.24, 2.45) is 5.41 Å². The highest BCUT2D eigenvalue weighted by Gasteiger charge is 2.31. The molecule has 5 heteroatoms. The fraction of sp³-hybridized carbons (Fsp3) is 0.238. The normalized spacial score (nSPS) is 15.0. The number of benzene rings is 2. The van der Waals surface area contributed by atoms with Gasteiger partial charge in [-0.1, -0.05) is 34.1 Å². The van der Waals surface area contributed by atoms with E-state index in [0.29, 0.717) is 22.6 Å². The smallest absolute Gasteiger partial charge is 0.316 e. The molecule has 0 unspecified atom stereocenters. The summed E-state index contributed by atoms with van der Waals surface area (Å²) in [5.41, 5.74) is 1.33. The maximum absolute atomic E-state index is 12.6. The molecule has 1 aliphatic heterocycles. The van der Waals surface area contributed by atoms with Gasteiger partial charge in [0.05, 0.1) is 11.0 Å². The van der Waals surface area contributed by atoms with Crippen LogP contribution in [0.4, 0.5) is 0 Å². The third-order valence-electron chi connectivity index (χ3n) is 4.04. The van der Waals surface area contributed by atoms with E-state index in [2.05, 4.69) is 15.9 Å². The van der Waals surface area contributed by atoms with Crippen LogP contribution in [-0.2, 0) is 4.79 Å². The van der Waals surface area contributed by atoms with Crippen LogP contribution < -0.4 is 9.47 Å². The van der Waals surface area contributed by atoms with Gasteiger partial charge < -0.3 is 9.47 Å². The van der Waals surface area contributed by atoms with Crippen molar-refractivity contribution in [2.75, 3.05) is 0 Å². The molecule has 2 aromatic rings. The average Bonchev–Trinajstić information content (AvgIpc) is 2.88. The Bertz CT molecular complexity index is 936. The van der Waals surface area contributed by atoms with Crippen LogP contribution in [0.15, 0.2) is 46.6 Å². The van der Waals surface area contributed by atoms with Gasteiger partial charge in [0.2, 0.25) is 5.78 Å². The monoisotopic (exact) mass is 414 g/mol. The van der Waals surface area contributed by atoms with Crippen molar-refractivity contribution in [2.45, 2.75) is 27.7 Å². The van der Waals surface area contributed by atoms with Crippen LogP contribution in [0.5, 0.6) is 11.5 Å². The Kier molecular flexibility index (Phi) is 4.76. The van der Waals surface area contributed by atoms with E-state index in [9.17, 15) is 9.59 Å². The molecule has 0 bridgehead atoms. The Hall–Kier alpha value is -2.40. The van der Waals surface area contributed by atoms with Gasteiger partial charge in [-0.2, -0.15) is 0 Å². The first-order valence-electron chi connectivity index (χ1n) is 8.23. The lowest BCUT2D eigenvalue weighted by Crippen LogP contribution is -2.25. The Balaban J connectivity index is 1.94. The first-order valence-corrected chi connectivity index (χ1v) is 9.02. The molecule has 1 aliphatic rings. The van der Waals surface area contributed by atoms with Gasteiger partial charge in [-0.3, -0.25) is 9.59 Å². The highest BCUT2D eigenvalue weighted by Crippen LogP contribution is 2.40. The van der Waals surface area contributed by atoms with E-state index in [1.165, 1.54) is 0 Å². The van der Waals surface area contributed by atoms with Gasteiger partial charge in [0.25, 0.3) is 0 Å². The van der Waals surface area contributed by atoms with Crippen LogP contribution in [0.1, 0.15) is 42.3 Å². The molecule has 134 valence electrons. The molecule has 0 saturated heterocycles. The number of allylic oxidation sites excluding steroid dienone is 1. The lowest BCUT2D eigenvalue weighted by atomic mass is 9.97. The Morgan fingerprint density at radius 3 is 2.50 bits per heavy atom. The maximum Gasteiger partial charge on any atom is 0.316 e. The minimum absolute atomic E-state index is 0.187. The third-order valence-corrected chi connectivity index (χ3v) is 4.77. The molecule has 4 nitrogen and oxygen atoms in total. The number of hydrogen-bond donors (Lipinski definition) is 0. The Morgan fingerprint density at radius 1 is 1.15 bits per heavy atom. The van der Waals surface area contributed by atoms with Gasteiger partial charge in [0.1, 0.15) is 11.5 Å². The summed E-state index contributed by atoms with van der Waals surface area (Å²) < 4.78 is 12.2. The van der Waals surface area contributed by atoms with Crippen molar-refractivity contribution in [3.05, 3.63) is 63.3 Å². The standard InChI is InChI=1S/C21H19BrO4/c1-12-16(26-20(24)21(2,3)4)10-9-14-18(23)17(25-19(12)14)11-13-7-5-6-8-15(13)22/h5-11H,1-4H3/b17-11-. The van der Waals surface area contributed by atoms with Gasteiger partial charge in [0.15, 0.2) is 5.76 Å². The molecule has 0 radical (unpaired) electrons. The van der Waals surface area contributed by atoms with Crippen molar-refractivity contribution in [3.63, 3.8) is 0 Å². The van der Waals surface area contributed by atoms with E-state index in [1.54, 1.807) is 45.9 Å². The van der Waals surface area contributed by atoms with E-state index >= 15 is 0 Å². The Labute approximate surface area is 160 Å². The van der Waals surface area contributed by atoms with Crippen molar-refractivity contribution in [1.29, 1.82) is 0 Å². The first kappa shape index (κ1) is 18.4.